The number of allylic oxidation sites excluding steroid dienone is 14. The molecule has 0 fully saturated rings. The number of nitrogens with one attached hydrogen (secondary N) is 1. The largest absolute Gasteiger partial charge is 0.462 e. The van der Waals surface area contributed by atoms with Crippen LogP contribution in [0.1, 0.15) is 207 Å². The highest BCUT2D eigenvalue weighted by Gasteiger charge is 2.24. The molecule has 1 amide bonds. The molecule has 0 spiro atoms. The van der Waals surface area contributed by atoms with E-state index in [1.807, 2.05) is 36.5 Å². The number of carbonyl (C=O) groups excluding carboxylic acids is 2. The van der Waals surface area contributed by atoms with Gasteiger partial charge in [-0.05, 0) is 57.8 Å². The summed E-state index contributed by atoms with van der Waals surface area (Å²) in [6, 6.07) is -0.730. The van der Waals surface area contributed by atoms with Gasteiger partial charge in [0, 0.05) is 6.42 Å². The van der Waals surface area contributed by atoms with Gasteiger partial charge in [-0.1, -0.05) is 221 Å². The van der Waals surface area contributed by atoms with E-state index in [0.717, 1.165) is 83.5 Å². The second-order valence-electron chi connectivity index (χ2n) is 15.9. The zero-order chi connectivity index (χ0) is 42.4. The molecule has 332 valence electrons. The lowest BCUT2D eigenvalue weighted by Gasteiger charge is -2.24. The Morgan fingerprint density at radius 3 is 1.45 bits per heavy atom. The second kappa shape index (κ2) is 45.1. The van der Waals surface area contributed by atoms with Crippen molar-refractivity contribution in [1.29, 1.82) is 0 Å². The van der Waals surface area contributed by atoms with Crippen molar-refractivity contribution in [1.82, 2.24) is 5.32 Å². The minimum Gasteiger partial charge on any atom is -0.462 e. The first-order valence-corrected chi connectivity index (χ1v) is 23.9. The van der Waals surface area contributed by atoms with Crippen molar-refractivity contribution in [2.45, 2.75) is 225 Å². The first-order chi connectivity index (χ1) is 28.5. The summed E-state index contributed by atoms with van der Waals surface area (Å²) in [6.45, 7) is 6.17. The van der Waals surface area contributed by atoms with Crippen LogP contribution in [0.2, 0.25) is 0 Å². The Bertz CT molecular complexity index is 1130. The van der Waals surface area contributed by atoms with Crippen molar-refractivity contribution < 1.29 is 24.5 Å². The zero-order valence-electron chi connectivity index (χ0n) is 37.6. The van der Waals surface area contributed by atoms with E-state index >= 15 is 0 Å². The van der Waals surface area contributed by atoms with E-state index in [9.17, 15) is 19.8 Å². The molecule has 0 heterocycles. The first kappa shape index (κ1) is 55.0. The van der Waals surface area contributed by atoms with Crippen LogP contribution in [-0.2, 0) is 14.3 Å². The van der Waals surface area contributed by atoms with Crippen LogP contribution in [0.5, 0.6) is 0 Å². The van der Waals surface area contributed by atoms with Crippen molar-refractivity contribution in [3.05, 3.63) is 85.1 Å². The van der Waals surface area contributed by atoms with Crippen LogP contribution in [-0.4, -0.2) is 46.9 Å². The summed E-state index contributed by atoms with van der Waals surface area (Å²) in [5.41, 5.74) is 0. The molecule has 0 aliphatic heterocycles. The third kappa shape index (κ3) is 39.8. The number of rotatable bonds is 41. The highest BCUT2D eigenvalue weighted by molar-refractivity contribution is 5.77. The molecule has 0 aliphatic carbocycles. The van der Waals surface area contributed by atoms with Crippen LogP contribution in [0.25, 0.3) is 0 Å². The van der Waals surface area contributed by atoms with Crippen molar-refractivity contribution in [3.63, 3.8) is 0 Å². The van der Waals surface area contributed by atoms with Gasteiger partial charge in [0.25, 0.3) is 0 Å². The molecular weight excluding hydrogens is 719 g/mol. The predicted octanol–water partition coefficient (Wildman–Crippen LogP) is 14.0. The molecule has 0 saturated heterocycles. The molecule has 0 rings (SSSR count). The average Bonchev–Trinajstić information content (AvgIpc) is 3.22. The molecule has 0 aliphatic rings. The number of unbranched alkanes of at least 4 members (excludes halogenated alkanes) is 20. The van der Waals surface area contributed by atoms with Gasteiger partial charge in [-0.2, -0.15) is 0 Å². The number of esters is 1. The van der Waals surface area contributed by atoms with Crippen LogP contribution in [0.4, 0.5) is 0 Å². The SMILES string of the molecule is CC/C=C/C=C/C=C\C=C/CCCC(CC(=O)NC(CO)C(O)CCCCCCCCCCCCCCCCC)OC(=O)CCCCCCC\C=C/C=C/C=C/CC. The fraction of sp³-hybridized carbons (Fsp3) is 0.692. The van der Waals surface area contributed by atoms with Crippen molar-refractivity contribution in [2.75, 3.05) is 6.61 Å². The topological polar surface area (TPSA) is 95.9 Å². The molecule has 6 nitrogen and oxygen atoms in total. The van der Waals surface area contributed by atoms with E-state index < -0.39 is 18.2 Å². The molecule has 3 atom stereocenters. The highest BCUT2D eigenvalue weighted by Crippen LogP contribution is 2.17. The lowest BCUT2D eigenvalue weighted by molar-refractivity contribution is -0.151. The monoisotopic (exact) mass is 808 g/mol. The van der Waals surface area contributed by atoms with Crippen LogP contribution >= 0.6 is 0 Å². The van der Waals surface area contributed by atoms with Crippen LogP contribution in [0.15, 0.2) is 85.1 Å². The Morgan fingerprint density at radius 1 is 0.517 bits per heavy atom. The zero-order valence-corrected chi connectivity index (χ0v) is 37.6. The summed E-state index contributed by atoms with van der Waals surface area (Å²) >= 11 is 0. The maximum atomic E-state index is 13.1. The summed E-state index contributed by atoms with van der Waals surface area (Å²) in [7, 11) is 0. The Hall–Kier alpha value is -2.96. The molecule has 0 bridgehead atoms. The van der Waals surface area contributed by atoms with Gasteiger partial charge in [0.2, 0.25) is 5.91 Å². The number of aliphatic hydroxyl groups is 2. The van der Waals surface area contributed by atoms with Gasteiger partial charge in [0.15, 0.2) is 0 Å². The Morgan fingerprint density at radius 2 is 0.948 bits per heavy atom. The van der Waals surface area contributed by atoms with Crippen molar-refractivity contribution >= 4 is 11.9 Å². The molecule has 0 aromatic heterocycles. The summed E-state index contributed by atoms with van der Waals surface area (Å²) in [5, 5.41) is 23.7. The highest BCUT2D eigenvalue weighted by atomic mass is 16.5. The maximum Gasteiger partial charge on any atom is 0.306 e. The van der Waals surface area contributed by atoms with Gasteiger partial charge < -0.3 is 20.3 Å². The molecule has 0 aromatic carbocycles. The van der Waals surface area contributed by atoms with Crippen molar-refractivity contribution in [3.8, 4) is 0 Å². The first-order valence-electron chi connectivity index (χ1n) is 23.9. The molecule has 0 saturated carbocycles. The molecule has 3 N–H and O–H groups in total. The molecule has 58 heavy (non-hydrogen) atoms. The van der Waals surface area contributed by atoms with E-state index in [-0.39, 0.29) is 24.9 Å². The van der Waals surface area contributed by atoms with Gasteiger partial charge in [0.1, 0.15) is 6.10 Å². The summed E-state index contributed by atoms with van der Waals surface area (Å²) in [6.07, 6.45) is 57.9. The smallest absolute Gasteiger partial charge is 0.306 e. The van der Waals surface area contributed by atoms with Crippen molar-refractivity contribution in [2.24, 2.45) is 0 Å². The Kier molecular flexibility index (Phi) is 42.8. The number of carbonyl (C=O) groups is 2. The second-order valence-corrected chi connectivity index (χ2v) is 15.9. The summed E-state index contributed by atoms with van der Waals surface area (Å²) in [5.74, 6) is -0.573. The summed E-state index contributed by atoms with van der Waals surface area (Å²) in [4.78, 5) is 26.0. The minimum absolute atomic E-state index is 0.0191. The van der Waals surface area contributed by atoms with Gasteiger partial charge in [0.05, 0.1) is 25.2 Å². The average molecular weight is 808 g/mol. The number of amides is 1. The van der Waals surface area contributed by atoms with Gasteiger partial charge in [-0.15, -0.1) is 0 Å². The van der Waals surface area contributed by atoms with E-state index in [1.54, 1.807) is 0 Å². The van der Waals surface area contributed by atoms with Crippen LogP contribution in [0, 0.1) is 0 Å². The number of hydrogen-bond donors (Lipinski definition) is 3. The lowest BCUT2D eigenvalue weighted by Crippen LogP contribution is -2.46. The Labute approximate surface area is 357 Å². The molecule has 0 aromatic rings. The van der Waals surface area contributed by atoms with E-state index in [0.29, 0.717) is 19.3 Å². The molecule has 6 heteroatoms. The van der Waals surface area contributed by atoms with E-state index in [1.165, 1.54) is 77.0 Å². The maximum absolute atomic E-state index is 13.1. The van der Waals surface area contributed by atoms with Crippen LogP contribution in [0.3, 0.4) is 0 Å². The lowest BCUT2D eigenvalue weighted by atomic mass is 10.0. The van der Waals surface area contributed by atoms with Gasteiger partial charge in [-0.3, -0.25) is 9.59 Å². The number of hydrogen-bond acceptors (Lipinski definition) is 5. The molecular formula is C52H89NO5. The number of ether oxygens (including phenoxy) is 1. The van der Waals surface area contributed by atoms with E-state index in [2.05, 4.69) is 74.7 Å². The third-order valence-corrected chi connectivity index (χ3v) is 10.4. The molecule has 0 radical (unpaired) electrons. The minimum atomic E-state index is -0.812. The fourth-order valence-corrected chi connectivity index (χ4v) is 6.80. The third-order valence-electron chi connectivity index (χ3n) is 10.4. The van der Waals surface area contributed by atoms with Crippen LogP contribution < -0.4 is 5.32 Å². The normalized spacial score (nSPS) is 14.1. The standard InChI is InChI=1S/C52H89NO5/c1-4-7-10-13-16-19-22-24-25-27-29-32-35-38-41-44-50(55)49(47-54)53-51(56)46-48(43-40-37-34-31-28-21-18-15-12-9-6-3)58-52(57)45-42-39-36-33-30-26-23-20-17-14-11-8-5-2/h8-9,11-12,14-15,17-18,20-21,23,28,31,34,48-50,54-55H,4-7,10,13,16,19,22,24-27,29-30,32-33,35-47H2,1-3H3,(H,53,56)/b11-8+,12-9+,17-14+,18-15+,23-20-,28-21-,34-31-. The van der Waals surface area contributed by atoms with E-state index in [4.69, 9.17) is 4.74 Å². The molecule has 3 unspecified atom stereocenters. The Balaban J connectivity index is 4.64. The van der Waals surface area contributed by atoms with Gasteiger partial charge in [-0.25, -0.2) is 0 Å². The predicted molar refractivity (Wildman–Crippen MR) is 250 cm³/mol. The van der Waals surface area contributed by atoms with Gasteiger partial charge >= 0.3 is 5.97 Å². The number of aliphatic hydroxyl groups excluding tert-OH is 2. The fourth-order valence-electron chi connectivity index (χ4n) is 6.80. The summed E-state index contributed by atoms with van der Waals surface area (Å²) < 4.78 is 5.86. The quantitative estimate of drug-likeness (QED) is 0.0325.